The van der Waals surface area contributed by atoms with E-state index in [1.807, 2.05) is 13.8 Å². The van der Waals surface area contributed by atoms with Gasteiger partial charge in [0.1, 0.15) is 5.37 Å². The molecule has 0 amide bonds. The second-order valence-corrected chi connectivity index (χ2v) is 6.62. The minimum absolute atomic E-state index is 0.0903. The van der Waals surface area contributed by atoms with Gasteiger partial charge in [0, 0.05) is 0 Å². The monoisotopic (exact) mass is 191 g/mol. The van der Waals surface area contributed by atoms with E-state index in [0.717, 1.165) is 12.8 Å². The molecule has 0 radical (unpaired) electrons. The van der Waals surface area contributed by atoms with Crippen molar-refractivity contribution in [2.24, 2.45) is 11.1 Å². The van der Waals surface area contributed by atoms with Crippen molar-refractivity contribution >= 4 is 9.84 Å². The molecule has 0 aromatic carbocycles. The summed E-state index contributed by atoms with van der Waals surface area (Å²) in [6.07, 6.45) is 2.50. The van der Waals surface area contributed by atoms with E-state index in [-0.39, 0.29) is 11.2 Å². The first-order valence-corrected chi connectivity index (χ1v) is 6.02. The largest absolute Gasteiger partial charge is 0.315 e. The van der Waals surface area contributed by atoms with Crippen LogP contribution < -0.4 is 5.73 Å². The van der Waals surface area contributed by atoms with Crippen molar-refractivity contribution < 1.29 is 8.42 Å². The molecule has 2 N–H and O–H groups in total. The summed E-state index contributed by atoms with van der Waals surface area (Å²) in [5, 5.41) is -0.626. The maximum Gasteiger partial charge on any atom is 0.166 e. The minimum Gasteiger partial charge on any atom is -0.315 e. The van der Waals surface area contributed by atoms with E-state index in [0.29, 0.717) is 6.42 Å². The summed E-state index contributed by atoms with van der Waals surface area (Å²) in [4.78, 5) is 0. The minimum atomic E-state index is -3.03. The summed E-state index contributed by atoms with van der Waals surface area (Å²) in [5.74, 6) is 0.237. The highest BCUT2D eigenvalue weighted by Gasteiger charge is 2.33. The summed E-state index contributed by atoms with van der Waals surface area (Å²) < 4.78 is 23.0. The van der Waals surface area contributed by atoms with Crippen LogP contribution in [0, 0.1) is 5.41 Å². The van der Waals surface area contributed by atoms with Gasteiger partial charge in [0.05, 0.1) is 5.75 Å². The van der Waals surface area contributed by atoms with Crippen LogP contribution in [0.25, 0.3) is 0 Å². The molecule has 0 aromatic rings. The molecule has 0 spiro atoms. The Balaban J connectivity index is 2.89. The third-order valence-corrected chi connectivity index (χ3v) is 4.74. The second-order valence-electron chi connectivity index (χ2n) is 4.40. The summed E-state index contributed by atoms with van der Waals surface area (Å²) >= 11 is 0. The molecule has 3 nitrogen and oxygen atoms in total. The van der Waals surface area contributed by atoms with E-state index in [2.05, 4.69) is 0 Å². The van der Waals surface area contributed by atoms with Crippen LogP contribution in [-0.4, -0.2) is 19.5 Å². The topological polar surface area (TPSA) is 60.2 Å². The maximum absolute atomic E-state index is 11.5. The lowest BCUT2D eigenvalue weighted by atomic mass is 9.90. The van der Waals surface area contributed by atoms with Crippen molar-refractivity contribution in [1.82, 2.24) is 0 Å². The number of nitrogens with two attached hydrogens (primary N) is 1. The van der Waals surface area contributed by atoms with Crippen LogP contribution in [-0.2, 0) is 9.84 Å². The van der Waals surface area contributed by atoms with Gasteiger partial charge in [0.25, 0.3) is 0 Å². The molecule has 4 heteroatoms. The Labute approximate surface area is 74.3 Å². The van der Waals surface area contributed by atoms with Gasteiger partial charge in [-0.05, 0) is 18.3 Å². The third kappa shape index (κ3) is 2.20. The Morgan fingerprint density at radius 1 is 1.42 bits per heavy atom. The number of hydrogen-bond acceptors (Lipinski definition) is 3. The fourth-order valence-electron chi connectivity index (χ4n) is 1.69. The van der Waals surface area contributed by atoms with Gasteiger partial charge in [-0.25, -0.2) is 8.42 Å². The SMILES string of the molecule is CC1(C)CCCC(N)S(=O)(=O)C1. The normalized spacial score (nSPS) is 34.1. The summed E-state index contributed by atoms with van der Waals surface area (Å²) in [6.45, 7) is 3.98. The van der Waals surface area contributed by atoms with Crippen molar-refractivity contribution in [2.45, 2.75) is 38.5 Å². The van der Waals surface area contributed by atoms with E-state index in [9.17, 15) is 8.42 Å². The Kier molecular flexibility index (Phi) is 2.50. The van der Waals surface area contributed by atoms with Crippen LogP contribution in [0.2, 0.25) is 0 Å². The van der Waals surface area contributed by atoms with Crippen LogP contribution in [0.1, 0.15) is 33.1 Å². The van der Waals surface area contributed by atoms with Gasteiger partial charge < -0.3 is 5.73 Å². The van der Waals surface area contributed by atoms with E-state index in [1.165, 1.54) is 0 Å². The highest BCUT2D eigenvalue weighted by Crippen LogP contribution is 2.30. The first kappa shape index (κ1) is 9.99. The van der Waals surface area contributed by atoms with E-state index >= 15 is 0 Å². The number of hydrogen-bond donors (Lipinski definition) is 1. The molecule has 1 heterocycles. The molecule has 72 valence electrons. The third-order valence-electron chi connectivity index (χ3n) is 2.40. The lowest BCUT2D eigenvalue weighted by Gasteiger charge is -2.21. The first-order valence-electron chi connectivity index (χ1n) is 4.31. The predicted octanol–water partition coefficient (Wildman–Crippen LogP) is 0.896. The maximum atomic E-state index is 11.5. The zero-order valence-corrected chi connectivity index (χ0v) is 8.52. The molecule has 0 aliphatic carbocycles. The Bertz CT molecular complexity index is 256. The molecule has 12 heavy (non-hydrogen) atoms. The quantitative estimate of drug-likeness (QED) is 0.618. The summed E-state index contributed by atoms with van der Waals surface area (Å²) in [7, 11) is -3.03. The van der Waals surface area contributed by atoms with Crippen molar-refractivity contribution in [3.8, 4) is 0 Å². The summed E-state index contributed by atoms with van der Waals surface area (Å²) in [6, 6.07) is 0. The van der Waals surface area contributed by atoms with Gasteiger partial charge in [-0.2, -0.15) is 0 Å². The first-order chi connectivity index (χ1) is 5.33. The highest BCUT2D eigenvalue weighted by atomic mass is 32.2. The fraction of sp³-hybridized carbons (Fsp3) is 1.00. The van der Waals surface area contributed by atoms with Gasteiger partial charge in [-0.1, -0.05) is 20.3 Å². The Morgan fingerprint density at radius 2 is 2.00 bits per heavy atom. The van der Waals surface area contributed by atoms with Gasteiger partial charge in [0.2, 0.25) is 0 Å². The average molecular weight is 191 g/mol. The van der Waals surface area contributed by atoms with Gasteiger partial charge in [-0.3, -0.25) is 0 Å². The summed E-state index contributed by atoms with van der Waals surface area (Å²) in [5.41, 5.74) is 5.46. The molecule has 0 aromatic heterocycles. The lowest BCUT2D eigenvalue weighted by Crippen LogP contribution is -2.34. The average Bonchev–Trinajstić information content (AvgIpc) is 1.90. The number of rotatable bonds is 0. The number of sulfone groups is 1. The van der Waals surface area contributed by atoms with Crippen LogP contribution in [0.4, 0.5) is 0 Å². The van der Waals surface area contributed by atoms with Gasteiger partial charge >= 0.3 is 0 Å². The van der Waals surface area contributed by atoms with Crippen molar-refractivity contribution in [3.63, 3.8) is 0 Å². The zero-order valence-electron chi connectivity index (χ0n) is 7.71. The van der Waals surface area contributed by atoms with Gasteiger partial charge in [0.15, 0.2) is 9.84 Å². The highest BCUT2D eigenvalue weighted by molar-refractivity contribution is 7.92. The van der Waals surface area contributed by atoms with Crippen molar-refractivity contribution in [1.29, 1.82) is 0 Å². The molecule has 0 saturated carbocycles. The molecule has 0 bridgehead atoms. The smallest absolute Gasteiger partial charge is 0.166 e. The Hall–Kier alpha value is -0.0900. The van der Waals surface area contributed by atoms with E-state index < -0.39 is 15.2 Å². The van der Waals surface area contributed by atoms with Crippen LogP contribution >= 0.6 is 0 Å². The van der Waals surface area contributed by atoms with E-state index in [4.69, 9.17) is 5.73 Å². The van der Waals surface area contributed by atoms with Crippen LogP contribution in [0.5, 0.6) is 0 Å². The molecule has 1 unspecified atom stereocenters. The molecule has 1 fully saturated rings. The van der Waals surface area contributed by atoms with Crippen LogP contribution in [0.15, 0.2) is 0 Å². The van der Waals surface area contributed by atoms with Crippen molar-refractivity contribution in [2.75, 3.05) is 5.75 Å². The zero-order chi connectivity index (χ0) is 9.41. The molecule has 1 aliphatic heterocycles. The fourth-order valence-corrected chi connectivity index (χ4v) is 3.66. The van der Waals surface area contributed by atoms with Gasteiger partial charge in [-0.15, -0.1) is 0 Å². The molecule has 1 aliphatic rings. The van der Waals surface area contributed by atoms with Crippen molar-refractivity contribution in [3.05, 3.63) is 0 Å². The second kappa shape index (κ2) is 3.00. The van der Waals surface area contributed by atoms with E-state index in [1.54, 1.807) is 0 Å². The standard InChI is InChI=1S/C8H17NO2S/c1-8(2)5-3-4-7(9)12(10,11)6-8/h7H,3-6,9H2,1-2H3. The van der Waals surface area contributed by atoms with Crippen LogP contribution in [0.3, 0.4) is 0 Å². The molecular weight excluding hydrogens is 174 g/mol. The lowest BCUT2D eigenvalue weighted by molar-refractivity contribution is 0.373. The Morgan fingerprint density at radius 3 is 2.58 bits per heavy atom. The molecule has 1 atom stereocenters. The molecular formula is C8H17NO2S. The molecule has 1 rings (SSSR count). The molecule has 1 saturated heterocycles. The predicted molar refractivity (Wildman–Crippen MR) is 49.4 cm³/mol.